The molecule has 11 heteroatoms. The van der Waals surface area contributed by atoms with E-state index in [-0.39, 0.29) is 33.1 Å². The van der Waals surface area contributed by atoms with Crippen LogP contribution in [0.4, 0.5) is 5.69 Å². The number of carbonyl (C=O) groups excluding carboxylic acids is 2. The lowest BCUT2D eigenvalue weighted by atomic mass is 10.1. The minimum Gasteiger partial charge on any atom is -0.497 e. The lowest BCUT2D eigenvalue weighted by Gasteiger charge is -2.33. The predicted octanol–water partition coefficient (Wildman–Crippen LogP) is 5.84. The van der Waals surface area contributed by atoms with Crippen molar-refractivity contribution in [2.75, 3.05) is 18.0 Å². The highest BCUT2D eigenvalue weighted by Crippen LogP contribution is 2.35. The van der Waals surface area contributed by atoms with Gasteiger partial charge in [0.2, 0.25) is 11.8 Å². The molecule has 3 aromatic rings. The number of nitrogens with zero attached hydrogens (tertiary/aromatic N) is 2. The van der Waals surface area contributed by atoms with Gasteiger partial charge in [-0.3, -0.25) is 13.9 Å². The minimum atomic E-state index is -4.27. The molecule has 0 saturated heterocycles. The third-order valence-corrected chi connectivity index (χ3v) is 8.82. The predicted molar refractivity (Wildman–Crippen MR) is 163 cm³/mol. The van der Waals surface area contributed by atoms with Crippen LogP contribution in [-0.4, -0.2) is 50.4 Å². The number of anilines is 1. The smallest absolute Gasteiger partial charge is 0.264 e. The Morgan fingerprint density at radius 1 is 1.00 bits per heavy atom. The number of amides is 2. The Bertz CT molecular complexity index is 1510. The van der Waals surface area contributed by atoms with E-state index in [1.807, 2.05) is 27.7 Å². The van der Waals surface area contributed by atoms with Gasteiger partial charge in [-0.2, -0.15) is 0 Å². The molecule has 2 amide bonds. The van der Waals surface area contributed by atoms with Crippen molar-refractivity contribution in [3.05, 3.63) is 87.9 Å². The molecule has 0 bridgehead atoms. The van der Waals surface area contributed by atoms with Gasteiger partial charge in [0, 0.05) is 12.1 Å². The van der Waals surface area contributed by atoms with Crippen molar-refractivity contribution in [2.24, 2.45) is 0 Å². The Morgan fingerprint density at radius 2 is 1.63 bits per heavy atom. The van der Waals surface area contributed by atoms with Gasteiger partial charge < -0.3 is 15.0 Å². The largest absolute Gasteiger partial charge is 0.497 e. The zero-order valence-corrected chi connectivity index (χ0v) is 26.3. The first-order valence-corrected chi connectivity index (χ1v) is 15.1. The molecule has 0 radical (unpaired) electrons. The van der Waals surface area contributed by atoms with Crippen LogP contribution in [0.15, 0.2) is 71.6 Å². The Balaban J connectivity index is 2.09. The second-order valence-electron chi connectivity index (χ2n) is 10.7. The van der Waals surface area contributed by atoms with Gasteiger partial charge in [0.05, 0.1) is 27.7 Å². The molecule has 3 aromatic carbocycles. The van der Waals surface area contributed by atoms with Gasteiger partial charge >= 0.3 is 0 Å². The molecule has 0 saturated carbocycles. The maximum absolute atomic E-state index is 14.1. The standard InChI is InChI=1S/C30H35Cl2N3O5S/c1-20-13-15-24(16-14-20)41(38,39)35(26-12-8-11-25(31)28(26)32)19-27(36)34(21(2)29(37)33-30(3,4)5)18-22-9-7-10-23(17-22)40-6/h7-17,21H,18-19H2,1-6H3,(H,33,37)/t21-/m1/s1. The highest BCUT2D eigenvalue weighted by atomic mass is 35.5. The number of carbonyl (C=O) groups is 2. The Hall–Kier alpha value is -3.27. The van der Waals surface area contributed by atoms with Gasteiger partial charge in [-0.25, -0.2) is 8.42 Å². The van der Waals surface area contributed by atoms with Crippen LogP contribution >= 0.6 is 23.2 Å². The van der Waals surface area contributed by atoms with Crippen molar-refractivity contribution < 1.29 is 22.7 Å². The first kappa shape index (κ1) is 32.2. The normalized spacial score (nSPS) is 12.4. The van der Waals surface area contributed by atoms with Gasteiger partial charge in [-0.05, 0) is 76.6 Å². The van der Waals surface area contributed by atoms with Crippen molar-refractivity contribution in [1.29, 1.82) is 0 Å². The van der Waals surface area contributed by atoms with E-state index >= 15 is 0 Å². The van der Waals surface area contributed by atoms with Gasteiger partial charge in [-0.15, -0.1) is 0 Å². The number of halogens is 2. The van der Waals surface area contributed by atoms with Crippen LogP contribution in [0.25, 0.3) is 0 Å². The summed E-state index contributed by atoms with van der Waals surface area (Å²) in [6, 6.07) is 17.0. The van der Waals surface area contributed by atoms with E-state index in [1.165, 1.54) is 36.3 Å². The fraction of sp³-hybridized carbons (Fsp3) is 0.333. The molecule has 3 rings (SSSR count). The lowest BCUT2D eigenvalue weighted by Crippen LogP contribution is -2.54. The molecular weight excluding hydrogens is 585 g/mol. The van der Waals surface area contributed by atoms with Crippen LogP contribution in [0.3, 0.4) is 0 Å². The van der Waals surface area contributed by atoms with Gasteiger partial charge in [0.1, 0.15) is 18.3 Å². The molecule has 0 unspecified atom stereocenters. The van der Waals surface area contributed by atoms with Crippen molar-refractivity contribution in [3.63, 3.8) is 0 Å². The highest BCUT2D eigenvalue weighted by molar-refractivity contribution is 7.92. The van der Waals surface area contributed by atoms with Crippen molar-refractivity contribution in [3.8, 4) is 5.75 Å². The molecule has 1 atom stereocenters. The van der Waals surface area contributed by atoms with Gasteiger partial charge in [-0.1, -0.05) is 59.1 Å². The van der Waals surface area contributed by atoms with E-state index in [9.17, 15) is 18.0 Å². The molecule has 0 aliphatic rings. The number of nitrogens with one attached hydrogen (secondary N) is 1. The molecule has 0 fully saturated rings. The van der Waals surface area contributed by atoms with Crippen LogP contribution in [0, 0.1) is 6.92 Å². The number of hydrogen-bond acceptors (Lipinski definition) is 5. The maximum Gasteiger partial charge on any atom is 0.264 e. The summed E-state index contributed by atoms with van der Waals surface area (Å²) in [5.41, 5.74) is 1.06. The SMILES string of the molecule is COc1cccc(CN(C(=O)CN(c2cccc(Cl)c2Cl)S(=O)(=O)c2ccc(C)cc2)[C@H](C)C(=O)NC(C)(C)C)c1. The Kier molecular flexibility index (Phi) is 10.3. The maximum atomic E-state index is 14.1. The monoisotopic (exact) mass is 619 g/mol. The first-order chi connectivity index (χ1) is 19.1. The average molecular weight is 621 g/mol. The number of ether oxygens (including phenoxy) is 1. The first-order valence-electron chi connectivity index (χ1n) is 12.9. The summed E-state index contributed by atoms with van der Waals surface area (Å²) in [6.45, 7) is 8.34. The van der Waals surface area contributed by atoms with E-state index < -0.39 is 34.1 Å². The van der Waals surface area contributed by atoms with Crippen LogP contribution in [0.2, 0.25) is 10.0 Å². The van der Waals surface area contributed by atoms with Crippen molar-refractivity contribution >= 4 is 50.7 Å². The van der Waals surface area contributed by atoms with E-state index in [0.717, 1.165) is 9.87 Å². The molecule has 0 aliphatic heterocycles. The second-order valence-corrected chi connectivity index (χ2v) is 13.3. The summed E-state index contributed by atoms with van der Waals surface area (Å²) >= 11 is 12.7. The topological polar surface area (TPSA) is 96.0 Å². The molecule has 0 heterocycles. The quantitative estimate of drug-likeness (QED) is 0.308. The molecule has 220 valence electrons. The summed E-state index contributed by atoms with van der Waals surface area (Å²) in [4.78, 5) is 28.6. The number of rotatable bonds is 10. The van der Waals surface area contributed by atoms with Gasteiger partial charge in [0.25, 0.3) is 10.0 Å². The van der Waals surface area contributed by atoms with Gasteiger partial charge in [0.15, 0.2) is 0 Å². The van der Waals surface area contributed by atoms with Crippen LogP contribution in [0.1, 0.15) is 38.8 Å². The molecule has 41 heavy (non-hydrogen) atoms. The number of aryl methyl sites for hydroxylation is 1. The van der Waals surface area contributed by atoms with Crippen molar-refractivity contribution in [2.45, 2.75) is 57.6 Å². The summed E-state index contributed by atoms with van der Waals surface area (Å²) in [7, 11) is -2.74. The van der Waals surface area contributed by atoms with Crippen LogP contribution in [0.5, 0.6) is 5.75 Å². The molecule has 0 aromatic heterocycles. The number of sulfonamides is 1. The third-order valence-electron chi connectivity index (χ3n) is 6.24. The summed E-state index contributed by atoms with van der Waals surface area (Å²) in [5.74, 6) is -0.422. The molecule has 0 spiro atoms. The zero-order valence-electron chi connectivity index (χ0n) is 23.9. The summed E-state index contributed by atoms with van der Waals surface area (Å²) < 4.78 is 34.2. The van der Waals surface area contributed by atoms with E-state index in [2.05, 4.69) is 5.32 Å². The average Bonchev–Trinajstić information content (AvgIpc) is 2.91. The van der Waals surface area contributed by atoms with E-state index in [4.69, 9.17) is 27.9 Å². The highest BCUT2D eigenvalue weighted by Gasteiger charge is 2.34. The summed E-state index contributed by atoms with van der Waals surface area (Å²) in [6.07, 6.45) is 0. The summed E-state index contributed by atoms with van der Waals surface area (Å²) in [5, 5.41) is 3.01. The molecular formula is C30H35Cl2N3O5S. The van der Waals surface area contributed by atoms with E-state index in [0.29, 0.717) is 11.3 Å². The molecule has 1 N–H and O–H groups in total. The Morgan fingerprint density at radius 3 is 2.24 bits per heavy atom. The third kappa shape index (κ3) is 8.15. The van der Waals surface area contributed by atoms with E-state index in [1.54, 1.807) is 49.4 Å². The van der Waals surface area contributed by atoms with Crippen LogP contribution in [-0.2, 0) is 26.2 Å². The number of benzene rings is 3. The Labute approximate surface area is 252 Å². The number of hydrogen-bond donors (Lipinski definition) is 1. The molecule has 0 aliphatic carbocycles. The lowest BCUT2D eigenvalue weighted by molar-refractivity contribution is -0.140. The second kappa shape index (κ2) is 13.1. The van der Waals surface area contributed by atoms with Crippen LogP contribution < -0.4 is 14.4 Å². The zero-order chi connectivity index (χ0) is 30.5. The fourth-order valence-corrected chi connectivity index (χ4v) is 5.93. The van der Waals surface area contributed by atoms with Crippen molar-refractivity contribution in [1.82, 2.24) is 10.2 Å². The fourth-order valence-electron chi connectivity index (χ4n) is 4.06. The minimum absolute atomic E-state index is 0.0180. The number of methoxy groups -OCH3 is 1. The molecule has 8 nitrogen and oxygen atoms in total.